The molecule has 7 heteroatoms. The molecule has 3 unspecified atom stereocenters. The first-order valence-electron chi connectivity index (χ1n) is 9.08. The van der Waals surface area contributed by atoms with Crippen molar-refractivity contribution in [1.82, 2.24) is 4.98 Å². The van der Waals surface area contributed by atoms with Crippen LogP contribution < -0.4 is 0 Å². The van der Waals surface area contributed by atoms with Gasteiger partial charge in [0.05, 0.1) is 36.6 Å². The van der Waals surface area contributed by atoms with Crippen molar-refractivity contribution in [2.24, 2.45) is 5.92 Å². The van der Waals surface area contributed by atoms with Crippen molar-refractivity contribution in [3.8, 4) is 6.07 Å². The van der Waals surface area contributed by atoms with Gasteiger partial charge in [0.1, 0.15) is 6.10 Å². The Morgan fingerprint density at radius 1 is 1.39 bits per heavy atom. The Morgan fingerprint density at radius 2 is 2.21 bits per heavy atom. The normalized spacial score (nSPS) is 22.1. The van der Waals surface area contributed by atoms with Gasteiger partial charge in [0.15, 0.2) is 6.29 Å². The highest BCUT2D eigenvalue weighted by molar-refractivity contribution is 7.07. The molecule has 1 aliphatic rings. The average molecular weight is 398 g/mol. The molecule has 146 valence electrons. The van der Waals surface area contributed by atoms with Crippen LogP contribution in [0.3, 0.4) is 0 Å². The molecule has 0 bridgehead atoms. The van der Waals surface area contributed by atoms with E-state index in [1.165, 1.54) is 18.4 Å². The molecule has 2 heterocycles. The van der Waals surface area contributed by atoms with Gasteiger partial charge in [0.2, 0.25) is 0 Å². The maximum absolute atomic E-state index is 11.2. The zero-order chi connectivity index (χ0) is 19.8. The highest BCUT2D eigenvalue weighted by Gasteiger charge is 2.34. The Hall–Kier alpha value is -2.53. The third kappa shape index (κ3) is 5.26. The van der Waals surface area contributed by atoms with Crippen LogP contribution >= 0.6 is 11.3 Å². The van der Waals surface area contributed by atoms with Gasteiger partial charge in [0.25, 0.3) is 0 Å². The van der Waals surface area contributed by atoms with E-state index in [1.54, 1.807) is 17.6 Å². The van der Waals surface area contributed by atoms with E-state index in [1.807, 2.05) is 23.6 Å². The lowest BCUT2D eigenvalue weighted by Gasteiger charge is -2.35. The molecule has 0 radical (unpaired) electrons. The summed E-state index contributed by atoms with van der Waals surface area (Å²) in [4.78, 5) is 15.6. The van der Waals surface area contributed by atoms with Gasteiger partial charge < -0.3 is 14.2 Å². The van der Waals surface area contributed by atoms with Gasteiger partial charge in [-0.1, -0.05) is 24.3 Å². The van der Waals surface area contributed by atoms with Crippen LogP contribution in [0.4, 0.5) is 0 Å². The van der Waals surface area contributed by atoms with Crippen LogP contribution in [0.25, 0.3) is 0 Å². The zero-order valence-electron chi connectivity index (χ0n) is 15.6. The number of ether oxygens (including phenoxy) is 3. The van der Waals surface area contributed by atoms with Gasteiger partial charge in [-0.15, -0.1) is 11.3 Å². The van der Waals surface area contributed by atoms with Crippen molar-refractivity contribution >= 4 is 17.3 Å². The van der Waals surface area contributed by atoms with E-state index in [0.717, 1.165) is 17.7 Å². The molecule has 0 saturated carbocycles. The fraction of sp³-hybridized carbons (Fsp3) is 0.381. The summed E-state index contributed by atoms with van der Waals surface area (Å²) in [5.41, 5.74) is 4.19. The van der Waals surface area contributed by atoms with Crippen LogP contribution in [0.1, 0.15) is 48.5 Å². The molecule has 0 aliphatic carbocycles. The Kier molecular flexibility index (Phi) is 7.31. The predicted molar refractivity (Wildman–Crippen MR) is 104 cm³/mol. The van der Waals surface area contributed by atoms with Crippen LogP contribution in [-0.2, 0) is 19.0 Å². The van der Waals surface area contributed by atoms with E-state index < -0.39 is 6.29 Å². The van der Waals surface area contributed by atoms with E-state index in [-0.39, 0.29) is 18.0 Å². The summed E-state index contributed by atoms with van der Waals surface area (Å²) >= 11 is 1.54. The third-order valence-electron chi connectivity index (χ3n) is 4.56. The highest BCUT2D eigenvalue weighted by Crippen LogP contribution is 2.39. The minimum atomic E-state index is -0.487. The standard InChI is InChI=1S/C21H22N2O4S/c1-25-19(24)6-4-2-3-5-17-12-26-21(16-9-7-15(11-22)8-10-16)27-20(17)18-13-28-14-23-18/h2-3,7-10,13-14,17,20-21H,4-6,12H2,1H3/b3-2-. The smallest absolute Gasteiger partial charge is 0.305 e. The Bertz CT molecular complexity index is 827. The highest BCUT2D eigenvalue weighted by atomic mass is 32.1. The van der Waals surface area contributed by atoms with E-state index in [0.29, 0.717) is 25.0 Å². The molecule has 1 aromatic heterocycles. The van der Waals surface area contributed by atoms with Gasteiger partial charge >= 0.3 is 5.97 Å². The minimum absolute atomic E-state index is 0.131. The number of nitriles is 1. The molecule has 0 N–H and O–H groups in total. The molecule has 6 nitrogen and oxygen atoms in total. The van der Waals surface area contributed by atoms with E-state index >= 15 is 0 Å². The largest absolute Gasteiger partial charge is 0.469 e. The van der Waals surface area contributed by atoms with Crippen LogP contribution in [0.5, 0.6) is 0 Å². The molecule has 1 aliphatic heterocycles. The summed E-state index contributed by atoms with van der Waals surface area (Å²) in [7, 11) is 1.39. The second kappa shape index (κ2) is 10.1. The molecule has 1 aromatic carbocycles. The molecular formula is C21H22N2O4S. The molecule has 3 atom stereocenters. The van der Waals surface area contributed by atoms with E-state index in [9.17, 15) is 4.79 Å². The van der Waals surface area contributed by atoms with Gasteiger partial charge in [-0.3, -0.25) is 4.79 Å². The molecule has 1 saturated heterocycles. The number of nitrogens with zero attached hydrogens (tertiary/aromatic N) is 2. The Balaban J connectivity index is 1.64. The van der Waals surface area contributed by atoms with Crippen molar-refractivity contribution in [2.75, 3.05) is 13.7 Å². The van der Waals surface area contributed by atoms with E-state index in [4.69, 9.17) is 14.7 Å². The van der Waals surface area contributed by atoms with Crippen molar-refractivity contribution in [3.63, 3.8) is 0 Å². The van der Waals surface area contributed by atoms with Gasteiger partial charge in [-0.25, -0.2) is 4.98 Å². The summed E-state index contributed by atoms with van der Waals surface area (Å²) in [6, 6.07) is 9.34. The maximum atomic E-state index is 11.2. The minimum Gasteiger partial charge on any atom is -0.469 e. The number of methoxy groups -OCH3 is 1. The van der Waals surface area contributed by atoms with Gasteiger partial charge in [0, 0.05) is 23.3 Å². The fourth-order valence-corrected chi connectivity index (χ4v) is 3.61. The monoisotopic (exact) mass is 398 g/mol. The van der Waals surface area contributed by atoms with Crippen molar-refractivity contribution < 1.29 is 19.0 Å². The lowest BCUT2D eigenvalue weighted by atomic mass is 9.95. The second-order valence-corrected chi connectivity index (χ2v) is 7.17. The first-order chi connectivity index (χ1) is 13.7. The molecule has 28 heavy (non-hydrogen) atoms. The molecule has 0 spiro atoms. The lowest BCUT2D eigenvalue weighted by molar-refractivity contribution is -0.244. The first-order valence-corrected chi connectivity index (χ1v) is 10.0. The molecule has 2 aromatic rings. The lowest BCUT2D eigenvalue weighted by Crippen LogP contribution is -2.30. The number of allylic oxidation sites excluding steroid dienone is 2. The number of rotatable bonds is 7. The SMILES string of the molecule is COC(=O)CC/C=C\CC1COC(c2ccc(C#N)cc2)OC1c1cscn1. The molecule has 0 amide bonds. The molecule has 3 rings (SSSR count). The summed E-state index contributed by atoms with van der Waals surface area (Å²) in [5, 5.41) is 11.0. The summed E-state index contributed by atoms with van der Waals surface area (Å²) < 4.78 is 16.8. The van der Waals surface area contributed by atoms with Crippen molar-refractivity contribution in [2.45, 2.75) is 31.7 Å². The molecular weight excluding hydrogens is 376 g/mol. The number of carbonyl (C=O) groups is 1. The average Bonchev–Trinajstić information content (AvgIpc) is 3.28. The number of hydrogen-bond acceptors (Lipinski definition) is 7. The van der Waals surface area contributed by atoms with Gasteiger partial charge in [-0.2, -0.15) is 5.26 Å². The van der Waals surface area contributed by atoms with Crippen LogP contribution in [0.2, 0.25) is 0 Å². The third-order valence-corrected chi connectivity index (χ3v) is 5.17. The number of hydrogen-bond donors (Lipinski definition) is 0. The number of benzene rings is 1. The Labute approximate surface area is 168 Å². The van der Waals surface area contributed by atoms with Crippen LogP contribution in [-0.4, -0.2) is 24.7 Å². The van der Waals surface area contributed by atoms with Crippen LogP contribution in [0.15, 0.2) is 47.3 Å². The fourth-order valence-electron chi connectivity index (χ4n) is 3.03. The van der Waals surface area contributed by atoms with E-state index in [2.05, 4.69) is 21.9 Å². The predicted octanol–water partition coefficient (Wildman–Crippen LogP) is 4.32. The van der Waals surface area contributed by atoms with Gasteiger partial charge in [-0.05, 0) is 25.0 Å². The summed E-state index contributed by atoms with van der Waals surface area (Å²) in [5.74, 6) is -0.0781. The number of thiazole rings is 1. The Morgan fingerprint density at radius 3 is 2.89 bits per heavy atom. The van der Waals surface area contributed by atoms with Crippen molar-refractivity contribution in [1.29, 1.82) is 5.26 Å². The first kappa shape index (κ1) is 20.2. The number of esters is 1. The maximum Gasteiger partial charge on any atom is 0.305 e. The second-order valence-electron chi connectivity index (χ2n) is 6.45. The zero-order valence-corrected chi connectivity index (χ0v) is 16.4. The quantitative estimate of drug-likeness (QED) is 0.510. The topological polar surface area (TPSA) is 81.4 Å². The summed E-state index contributed by atoms with van der Waals surface area (Å²) in [6.45, 7) is 0.536. The number of aromatic nitrogens is 1. The molecule has 1 fully saturated rings. The van der Waals surface area contributed by atoms with Crippen molar-refractivity contribution in [3.05, 3.63) is 64.1 Å². The number of carbonyl (C=O) groups excluding carboxylic acids is 1. The summed E-state index contributed by atoms with van der Waals surface area (Å²) in [6.07, 6.45) is 5.18. The van der Waals surface area contributed by atoms with Crippen LogP contribution in [0, 0.1) is 17.2 Å².